The van der Waals surface area contributed by atoms with Crippen LogP contribution in [-0.2, 0) is 6.42 Å². The molecule has 11 aromatic rings. The fourth-order valence-corrected chi connectivity index (χ4v) is 9.10. The van der Waals surface area contributed by atoms with E-state index in [0.29, 0.717) is 5.82 Å². The summed E-state index contributed by atoms with van der Waals surface area (Å²) in [6, 6.07) is 59.8. The van der Waals surface area contributed by atoms with E-state index in [1.54, 1.807) is 0 Å². The highest BCUT2D eigenvalue weighted by molar-refractivity contribution is 6.20. The Balaban J connectivity index is 1.11. The van der Waals surface area contributed by atoms with Crippen molar-refractivity contribution in [3.63, 3.8) is 0 Å². The van der Waals surface area contributed by atoms with Gasteiger partial charge in [0.1, 0.15) is 11.2 Å². The Morgan fingerprint density at radius 2 is 1.16 bits per heavy atom. The fraction of sp³-hybridized carbons (Fsp3) is 0.0385. The summed E-state index contributed by atoms with van der Waals surface area (Å²) in [5.41, 5.74) is 14.9. The van der Waals surface area contributed by atoms with Crippen LogP contribution < -0.4 is 0 Å². The van der Waals surface area contributed by atoms with Crippen molar-refractivity contribution in [2.75, 3.05) is 0 Å². The molecule has 0 unspecified atom stereocenters. The number of benzene rings is 7. The number of hydrogen-bond acceptors (Lipinski definition) is 3. The lowest BCUT2D eigenvalue weighted by atomic mass is 10.0. The van der Waals surface area contributed by atoms with Gasteiger partial charge in [0.15, 0.2) is 5.82 Å². The summed E-state index contributed by atoms with van der Waals surface area (Å²) in [5, 5.41) is 5.79. The predicted octanol–water partition coefficient (Wildman–Crippen LogP) is 13.4. The molecular weight excluding hydrogens is 697 g/mol. The van der Waals surface area contributed by atoms with Crippen LogP contribution in [0.25, 0.3) is 106 Å². The van der Waals surface area contributed by atoms with Crippen LogP contribution in [0.15, 0.2) is 180 Å². The molecule has 12 rings (SSSR count). The van der Waals surface area contributed by atoms with E-state index in [1.807, 2.05) is 18.2 Å². The van der Waals surface area contributed by atoms with Gasteiger partial charge in [0.05, 0.1) is 27.9 Å². The lowest BCUT2D eigenvalue weighted by molar-refractivity contribution is 0.668. The summed E-state index contributed by atoms with van der Waals surface area (Å²) in [5.74, 6) is 0.668. The molecular formula is C52H34N4O. The molecule has 0 amide bonds. The van der Waals surface area contributed by atoms with E-state index in [0.717, 1.165) is 74.2 Å². The topological polar surface area (TPSA) is 48.8 Å². The van der Waals surface area contributed by atoms with Crippen molar-refractivity contribution in [3.05, 3.63) is 187 Å². The van der Waals surface area contributed by atoms with Gasteiger partial charge in [-0.3, -0.25) is 0 Å². The van der Waals surface area contributed by atoms with Gasteiger partial charge in [-0.25, -0.2) is 9.97 Å². The third kappa shape index (κ3) is 4.89. The van der Waals surface area contributed by atoms with E-state index < -0.39 is 0 Å². The van der Waals surface area contributed by atoms with Crippen molar-refractivity contribution in [1.29, 1.82) is 0 Å². The van der Waals surface area contributed by atoms with Gasteiger partial charge >= 0.3 is 0 Å². The van der Waals surface area contributed by atoms with Crippen molar-refractivity contribution >= 4 is 60.7 Å². The zero-order chi connectivity index (χ0) is 37.5. The van der Waals surface area contributed by atoms with Gasteiger partial charge in [0.25, 0.3) is 0 Å². The highest BCUT2D eigenvalue weighted by Crippen LogP contribution is 2.44. The molecule has 0 saturated carbocycles. The maximum absolute atomic E-state index is 6.78. The minimum Gasteiger partial charge on any atom is -0.456 e. The third-order valence-corrected chi connectivity index (χ3v) is 11.6. The molecule has 57 heavy (non-hydrogen) atoms. The molecule has 0 saturated heterocycles. The second kappa shape index (κ2) is 12.5. The fourth-order valence-electron chi connectivity index (χ4n) is 9.10. The van der Waals surface area contributed by atoms with Crippen LogP contribution in [0.4, 0.5) is 0 Å². The number of hydrogen-bond donors (Lipinski definition) is 0. The molecule has 268 valence electrons. The Labute approximate surface area is 328 Å². The lowest BCUT2D eigenvalue weighted by Gasteiger charge is -2.15. The summed E-state index contributed by atoms with van der Waals surface area (Å²) in [6.07, 6.45) is 6.58. The molecule has 0 fully saturated rings. The summed E-state index contributed by atoms with van der Waals surface area (Å²) < 4.78 is 11.7. The molecule has 5 heteroatoms. The molecule has 0 aliphatic heterocycles. The van der Waals surface area contributed by atoms with Gasteiger partial charge in [0, 0.05) is 72.3 Å². The molecule has 5 nitrogen and oxygen atoms in total. The number of para-hydroxylation sites is 2. The second-order valence-electron chi connectivity index (χ2n) is 14.8. The first-order valence-electron chi connectivity index (χ1n) is 19.6. The van der Waals surface area contributed by atoms with Crippen LogP contribution in [-0.4, -0.2) is 19.1 Å². The molecule has 0 N–H and O–H groups in total. The zero-order valence-corrected chi connectivity index (χ0v) is 30.9. The molecule has 0 spiro atoms. The number of furan rings is 1. The molecule has 0 atom stereocenters. The first kappa shape index (κ1) is 31.8. The summed E-state index contributed by atoms with van der Waals surface area (Å²) in [7, 11) is 0. The van der Waals surface area contributed by atoms with Gasteiger partial charge in [-0.1, -0.05) is 133 Å². The number of allylic oxidation sites excluding steroid dienone is 1. The highest BCUT2D eigenvalue weighted by atomic mass is 16.3. The Hall–Kier alpha value is -7.50. The van der Waals surface area contributed by atoms with Crippen LogP contribution in [0.2, 0.25) is 0 Å². The van der Waals surface area contributed by atoms with E-state index >= 15 is 0 Å². The average Bonchev–Trinajstić information content (AvgIpc) is 3.94. The molecule has 0 radical (unpaired) electrons. The normalized spacial score (nSPS) is 12.7. The van der Waals surface area contributed by atoms with Gasteiger partial charge in [-0.05, 0) is 55.3 Å². The van der Waals surface area contributed by atoms with Gasteiger partial charge in [-0.2, -0.15) is 0 Å². The SMILES string of the molecule is C1=Cc2c(n(-c3ccc4c(c3)oc3cccc(-c5nc(-c6ccccc6)cc(-c6ccccc6)n5)c34)c3c2ccc2c4ccccc4n(-c4ccccc4)c23)CC1. The molecule has 4 aromatic heterocycles. The van der Waals surface area contributed by atoms with E-state index in [-0.39, 0.29) is 0 Å². The summed E-state index contributed by atoms with van der Waals surface area (Å²) in [6.45, 7) is 0. The van der Waals surface area contributed by atoms with Crippen molar-refractivity contribution < 1.29 is 4.42 Å². The summed E-state index contributed by atoms with van der Waals surface area (Å²) >= 11 is 0. The molecule has 1 aliphatic rings. The van der Waals surface area contributed by atoms with Crippen molar-refractivity contribution in [2.45, 2.75) is 12.8 Å². The zero-order valence-electron chi connectivity index (χ0n) is 30.9. The van der Waals surface area contributed by atoms with Crippen LogP contribution in [0.1, 0.15) is 17.7 Å². The predicted molar refractivity (Wildman–Crippen MR) is 234 cm³/mol. The van der Waals surface area contributed by atoms with Crippen molar-refractivity contribution in [1.82, 2.24) is 19.1 Å². The van der Waals surface area contributed by atoms with Crippen molar-refractivity contribution in [3.8, 4) is 45.3 Å². The average molecular weight is 731 g/mol. The standard InChI is InChI=1S/C52H34N4O/c1-4-15-33(16-5-1)43-32-44(34-17-6-2-7-18-34)54-52(53-43)42-23-14-26-47-49(42)41-28-27-36(31-48(41)57-47)56-46-25-13-11-22-38(46)40-30-29-39-37-21-10-12-24-45(37)55(50(39)51(40)56)35-19-8-3-9-20-35/h1-12,14-24,26-32H,13,25H2. The Morgan fingerprint density at radius 1 is 0.491 bits per heavy atom. The first-order valence-corrected chi connectivity index (χ1v) is 19.6. The number of aromatic nitrogens is 4. The lowest BCUT2D eigenvalue weighted by Crippen LogP contribution is -2.04. The molecule has 7 aromatic carbocycles. The van der Waals surface area contributed by atoms with Gasteiger partial charge in [0.2, 0.25) is 0 Å². The quantitative estimate of drug-likeness (QED) is 0.177. The van der Waals surface area contributed by atoms with E-state index in [4.69, 9.17) is 14.4 Å². The van der Waals surface area contributed by atoms with E-state index in [9.17, 15) is 0 Å². The van der Waals surface area contributed by atoms with E-state index in [1.165, 1.54) is 44.0 Å². The minimum absolute atomic E-state index is 0.668. The maximum Gasteiger partial charge on any atom is 0.161 e. The molecule has 4 heterocycles. The van der Waals surface area contributed by atoms with Crippen LogP contribution >= 0.6 is 0 Å². The van der Waals surface area contributed by atoms with Crippen LogP contribution in [0.5, 0.6) is 0 Å². The minimum atomic E-state index is 0.668. The highest BCUT2D eigenvalue weighted by Gasteiger charge is 2.25. The number of rotatable bonds is 5. The second-order valence-corrected chi connectivity index (χ2v) is 14.8. The van der Waals surface area contributed by atoms with Gasteiger partial charge in [-0.15, -0.1) is 0 Å². The van der Waals surface area contributed by atoms with Crippen LogP contribution in [0.3, 0.4) is 0 Å². The number of fused-ring (bicyclic) bond motifs is 10. The molecule has 0 bridgehead atoms. The van der Waals surface area contributed by atoms with Crippen molar-refractivity contribution in [2.24, 2.45) is 0 Å². The third-order valence-electron chi connectivity index (χ3n) is 11.6. The van der Waals surface area contributed by atoms with Gasteiger partial charge < -0.3 is 13.6 Å². The Morgan fingerprint density at radius 3 is 1.93 bits per heavy atom. The van der Waals surface area contributed by atoms with E-state index in [2.05, 4.69) is 173 Å². The Kier molecular flexibility index (Phi) is 6.99. The largest absolute Gasteiger partial charge is 0.456 e. The molecule has 1 aliphatic carbocycles. The monoisotopic (exact) mass is 730 g/mol. The van der Waals surface area contributed by atoms with Crippen LogP contribution in [0, 0.1) is 0 Å². The first-order chi connectivity index (χ1) is 28.3. The number of nitrogens with zero attached hydrogens (tertiary/aromatic N) is 4. The maximum atomic E-state index is 6.78. The summed E-state index contributed by atoms with van der Waals surface area (Å²) in [4.78, 5) is 10.4. The smallest absolute Gasteiger partial charge is 0.161 e. The Bertz CT molecular complexity index is 3330.